The molecule has 13 nitrogen and oxygen atoms in total. The molecule has 1 aromatic heterocycles. The number of ether oxygens (including phenoxy) is 1. The van der Waals surface area contributed by atoms with Gasteiger partial charge in [0.25, 0.3) is 11.8 Å². The van der Waals surface area contributed by atoms with Crippen molar-refractivity contribution in [2.45, 2.75) is 46.3 Å². The fraction of sp³-hybridized carbons (Fsp3) is 0.652. The summed E-state index contributed by atoms with van der Waals surface area (Å²) in [5.41, 5.74) is -0.250. The number of hydrogen-bond donors (Lipinski definition) is 8. The van der Waals surface area contributed by atoms with Crippen molar-refractivity contribution in [3.05, 3.63) is 23.2 Å². The van der Waals surface area contributed by atoms with Crippen LogP contribution < -0.4 is 21.3 Å². The Morgan fingerprint density at radius 2 is 1.44 bits per heavy atom. The minimum absolute atomic E-state index is 0.00623. The predicted octanol–water partition coefficient (Wildman–Crippen LogP) is -0.547. The number of carbonyl (C=O) groups is 2. The van der Waals surface area contributed by atoms with Crippen LogP contribution in [0.1, 0.15) is 55.1 Å². The highest BCUT2D eigenvalue weighted by Gasteiger charge is 2.23. The quantitative estimate of drug-likeness (QED) is 0.125. The lowest BCUT2D eigenvalue weighted by molar-refractivity contribution is 0.0792. The van der Waals surface area contributed by atoms with Crippen LogP contribution in [0.25, 0.3) is 0 Å². The average molecular weight is 513 g/mol. The first kappa shape index (κ1) is 31.0. The molecule has 0 bridgehead atoms. The first-order chi connectivity index (χ1) is 17.1. The zero-order valence-electron chi connectivity index (χ0n) is 21.4. The summed E-state index contributed by atoms with van der Waals surface area (Å²) in [5, 5.41) is 47.9. The van der Waals surface area contributed by atoms with Gasteiger partial charge in [0.05, 0.1) is 37.8 Å². The van der Waals surface area contributed by atoms with Crippen LogP contribution >= 0.6 is 0 Å². The highest BCUT2D eigenvalue weighted by atomic mass is 16.5. The summed E-state index contributed by atoms with van der Waals surface area (Å²) in [6, 6.07) is 0. The Kier molecular flexibility index (Phi) is 14.3. The Morgan fingerprint density at radius 1 is 0.944 bits per heavy atom. The maximum atomic E-state index is 12.8. The number of nitrogens with zero attached hydrogens (tertiary/aromatic N) is 2. The van der Waals surface area contributed by atoms with E-state index < -0.39 is 37.2 Å². The van der Waals surface area contributed by atoms with Crippen molar-refractivity contribution in [1.82, 2.24) is 20.6 Å². The summed E-state index contributed by atoms with van der Waals surface area (Å²) in [4.78, 5) is 34.1. The third-order valence-electron chi connectivity index (χ3n) is 4.77. The standard InChI is InChI=1S/C23H40N6O7/c1-5-24-20-18(22(34)26-10-16(32)12-30)29-21(19(28-20)23(35)27-11-17(33)13-31)25-8-6-15(4)36-9-7-14(2)3/h6,14,16-17,30-33H,5,7-13H2,1-4H3,(H,24,28)(H,25,29)(H,26,34)(H,27,35)/b15-6+. The summed E-state index contributed by atoms with van der Waals surface area (Å²) in [5.74, 6) is -0.112. The number of anilines is 2. The molecule has 204 valence electrons. The number of allylic oxidation sites excluding steroid dienone is 1. The fourth-order valence-corrected chi connectivity index (χ4v) is 2.69. The van der Waals surface area contributed by atoms with Crippen LogP contribution in [0.2, 0.25) is 0 Å². The molecule has 2 unspecified atom stereocenters. The zero-order valence-corrected chi connectivity index (χ0v) is 21.4. The lowest BCUT2D eigenvalue weighted by atomic mass is 10.1. The van der Waals surface area contributed by atoms with Crippen LogP contribution in [0.4, 0.5) is 11.6 Å². The van der Waals surface area contributed by atoms with Gasteiger partial charge in [-0.25, -0.2) is 9.97 Å². The molecule has 8 N–H and O–H groups in total. The topological polar surface area (TPSA) is 198 Å². The molecule has 0 aliphatic rings. The maximum Gasteiger partial charge on any atom is 0.273 e. The molecule has 0 saturated heterocycles. The van der Waals surface area contributed by atoms with Crippen LogP contribution in [-0.2, 0) is 4.74 Å². The van der Waals surface area contributed by atoms with Gasteiger partial charge in [-0.2, -0.15) is 0 Å². The molecule has 13 heteroatoms. The Bertz CT molecular complexity index is 866. The molecule has 0 fully saturated rings. The summed E-state index contributed by atoms with van der Waals surface area (Å²) in [6.07, 6.45) is 0.370. The van der Waals surface area contributed by atoms with E-state index >= 15 is 0 Å². The molecule has 1 rings (SSSR count). The fourth-order valence-electron chi connectivity index (χ4n) is 2.69. The largest absolute Gasteiger partial charge is 0.498 e. The second-order valence-electron chi connectivity index (χ2n) is 8.47. The molecule has 2 atom stereocenters. The van der Waals surface area contributed by atoms with Crippen molar-refractivity contribution in [1.29, 1.82) is 0 Å². The van der Waals surface area contributed by atoms with Crippen molar-refractivity contribution in [2.24, 2.45) is 5.92 Å². The molecular weight excluding hydrogens is 472 g/mol. The van der Waals surface area contributed by atoms with E-state index in [0.29, 0.717) is 24.8 Å². The second-order valence-corrected chi connectivity index (χ2v) is 8.47. The maximum absolute atomic E-state index is 12.8. The number of aromatic nitrogens is 2. The molecule has 0 radical (unpaired) electrons. The SMILES string of the molecule is CCNc1nc(C(=O)NCC(O)CO)c(NC/C=C(\C)OCCC(C)C)nc1C(=O)NCC(O)CO. The van der Waals surface area contributed by atoms with Gasteiger partial charge in [-0.1, -0.05) is 13.8 Å². The van der Waals surface area contributed by atoms with E-state index in [9.17, 15) is 19.8 Å². The zero-order chi connectivity index (χ0) is 27.1. The molecule has 0 spiro atoms. The van der Waals surface area contributed by atoms with Crippen molar-refractivity contribution in [3.63, 3.8) is 0 Å². The second kappa shape index (κ2) is 16.6. The van der Waals surface area contributed by atoms with Gasteiger partial charge >= 0.3 is 0 Å². The van der Waals surface area contributed by atoms with Crippen molar-refractivity contribution >= 4 is 23.5 Å². The van der Waals surface area contributed by atoms with Gasteiger partial charge in [-0.15, -0.1) is 0 Å². The molecule has 0 aliphatic heterocycles. The van der Waals surface area contributed by atoms with E-state index in [1.807, 2.05) is 0 Å². The Balaban J connectivity index is 3.21. The number of carbonyl (C=O) groups excluding carboxylic acids is 2. The van der Waals surface area contributed by atoms with Gasteiger partial charge in [-0.05, 0) is 32.3 Å². The molecule has 1 aromatic rings. The molecule has 0 saturated carbocycles. The van der Waals surface area contributed by atoms with E-state index in [1.54, 1.807) is 19.9 Å². The Morgan fingerprint density at radius 3 is 1.89 bits per heavy atom. The Labute approximate surface area is 211 Å². The van der Waals surface area contributed by atoms with Crippen molar-refractivity contribution in [3.8, 4) is 0 Å². The molecular formula is C23H40N6O7. The lowest BCUT2D eigenvalue weighted by Gasteiger charge is -2.17. The lowest BCUT2D eigenvalue weighted by Crippen LogP contribution is -2.36. The highest BCUT2D eigenvalue weighted by Crippen LogP contribution is 2.19. The van der Waals surface area contributed by atoms with Crippen LogP contribution in [0.5, 0.6) is 0 Å². The van der Waals surface area contributed by atoms with E-state index in [0.717, 1.165) is 6.42 Å². The van der Waals surface area contributed by atoms with E-state index in [-0.39, 0.29) is 42.7 Å². The number of hydrogen-bond acceptors (Lipinski definition) is 11. The monoisotopic (exact) mass is 512 g/mol. The third kappa shape index (κ3) is 11.2. The first-order valence-corrected chi connectivity index (χ1v) is 12.0. The number of aliphatic hydroxyl groups excluding tert-OH is 4. The van der Waals surface area contributed by atoms with Gasteiger partial charge in [0.1, 0.15) is 0 Å². The molecule has 1 heterocycles. The van der Waals surface area contributed by atoms with Gasteiger partial charge < -0.3 is 46.4 Å². The first-order valence-electron chi connectivity index (χ1n) is 12.0. The highest BCUT2D eigenvalue weighted by molar-refractivity contribution is 6.01. The average Bonchev–Trinajstić information content (AvgIpc) is 2.85. The van der Waals surface area contributed by atoms with Gasteiger partial charge in [0, 0.05) is 26.2 Å². The summed E-state index contributed by atoms with van der Waals surface area (Å²) in [6.45, 7) is 7.47. The predicted molar refractivity (Wildman–Crippen MR) is 135 cm³/mol. The number of amides is 2. The van der Waals surface area contributed by atoms with Crippen molar-refractivity contribution in [2.75, 3.05) is 56.6 Å². The number of rotatable bonds is 17. The molecule has 2 amide bonds. The number of aliphatic hydroxyl groups is 4. The van der Waals surface area contributed by atoms with E-state index in [4.69, 9.17) is 14.9 Å². The third-order valence-corrected chi connectivity index (χ3v) is 4.77. The summed E-state index contributed by atoms with van der Waals surface area (Å²) in [7, 11) is 0. The van der Waals surface area contributed by atoms with Gasteiger partial charge in [0.15, 0.2) is 23.0 Å². The van der Waals surface area contributed by atoms with Crippen LogP contribution in [0.3, 0.4) is 0 Å². The molecule has 0 aliphatic carbocycles. The van der Waals surface area contributed by atoms with E-state index in [2.05, 4.69) is 45.1 Å². The van der Waals surface area contributed by atoms with Crippen molar-refractivity contribution < 1.29 is 34.8 Å². The number of nitrogens with one attached hydrogen (secondary N) is 4. The van der Waals surface area contributed by atoms with Gasteiger partial charge in [0.2, 0.25) is 0 Å². The summed E-state index contributed by atoms with van der Waals surface area (Å²) < 4.78 is 5.66. The van der Waals surface area contributed by atoms with Gasteiger partial charge in [-0.3, -0.25) is 9.59 Å². The van der Waals surface area contributed by atoms with Crippen LogP contribution in [0, 0.1) is 5.92 Å². The minimum Gasteiger partial charge on any atom is -0.498 e. The van der Waals surface area contributed by atoms with E-state index in [1.165, 1.54) is 0 Å². The van der Waals surface area contributed by atoms with Crippen LogP contribution in [-0.4, -0.2) is 100 Å². The normalized spacial score (nSPS) is 13.2. The summed E-state index contributed by atoms with van der Waals surface area (Å²) >= 11 is 0. The smallest absolute Gasteiger partial charge is 0.273 e. The molecule has 36 heavy (non-hydrogen) atoms. The molecule has 0 aromatic carbocycles. The Hall–Kier alpha value is -3.00. The minimum atomic E-state index is -1.15. The van der Waals surface area contributed by atoms with Crippen LogP contribution in [0.15, 0.2) is 11.8 Å².